The molecule has 11 heavy (non-hydrogen) atoms. The maximum absolute atomic E-state index is 5.79. The van der Waals surface area contributed by atoms with Crippen LogP contribution >= 0.6 is 23.8 Å². The fourth-order valence-corrected chi connectivity index (χ4v) is 1.02. The summed E-state index contributed by atoms with van der Waals surface area (Å²) in [4.78, 5) is 3.80. The summed E-state index contributed by atoms with van der Waals surface area (Å²) in [5.74, 6) is 0. The van der Waals surface area contributed by atoms with Crippen molar-refractivity contribution in [2.24, 2.45) is 4.99 Å². The van der Waals surface area contributed by atoms with Gasteiger partial charge in [-0.3, -0.25) is 0 Å². The lowest BCUT2D eigenvalue weighted by molar-refractivity contribution is 1.44. The van der Waals surface area contributed by atoms with Crippen molar-refractivity contribution in [1.29, 1.82) is 0 Å². The van der Waals surface area contributed by atoms with Crippen LogP contribution in [0.5, 0.6) is 0 Å². The van der Waals surface area contributed by atoms with Gasteiger partial charge >= 0.3 is 0 Å². The topological polar surface area (TPSA) is 12.4 Å². The van der Waals surface area contributed by atoms with Gasteiger partial charge in [0.1, 0.15) is 0 Å². The Kier molecular flexibility index (Phi) is 2.77. The fraction of sp³-hybridized carbons (Fsp3) is 0.125. The minimum atomic E-state index is 0.605. The van der Waals surface area contributed by atoms with E-state index in [0.717, 1.165) is 5.56 Å². The molecule has 0 N–H and O–H groups in total. The quantitative estimate of drug-likeness (QED) is 0.480. The van der Waals surface area contributed by atoms with E-state index in [0.29, 0.717) is 10.7 Å². The van der Waals surface area contributed by atoms with Gasteiger partial charge in [0.05, 0.1) is 15.9 Å². The molecule has 1 aromatic rings. The van der Waals surface area contributed by atoms with E-state index in [9.17, 15) is 0 Å². The van der Waals surface area contributed by atoms with E-state index in [2.05, 4.69) is 22.4 Å². The number of aryl methyl sites for hydroxylation is 1. The van der Waals surface area contributed by atoms with E-state index >= 15 is 0 Å². The maximum Gasteiger partial charge on any atom is 0.0928 e. The predicted octanol–water partition coefficient (Wildman–Crippen LogP) is 3.38. The lowest BCUT2D eigenvalue weighted by Crippen LogP contribution is -1.71. The van der Waals surface area contributed by atoms with Gasteiger partial charge < -0.3 is 0 Å². The molecule has 0 fully saturated rings. The van der Waals surface area contributed by atoms with Crippen molar-refractivity contribution in [1.82, 2.24) is 0 Å². The standard InChI is InChI=1S/C8H6ClNS/c1-6-2-3-7(9)8(4-6)10-5-11/h2-4H,1H3. The third-order valence-corrected chi connectivity index (χ3v) is 1.68. The molecule has 0 amide bonds. The zero-order valence-electron chi connectivity index (χ0n) is 5.97. The molecule has 1 nitrogen and oxygen atoms in total. The zero-order valence-corrected chi connectivity index (χ0v) is 7.54. The number of nitrogens with zero attached hydrogens (tertiary/aromatic N) is 1. The largest absolute Gasteiger partial charge is 0.193 e. The van der Waals surface area contributed by atoms with Gasteiger partial charge in [0, 0.05) is 0 Å². The molecular formula is C8H6ClNS. The average molecular weight is 184 g/mol. The summed E-state index contributed by atoms with van der Waals surface area (Å²) < 4.78 is 0. The summed E-state index contributed by atoms with van der Waals surface area (Å²) in [6, 6.07) is 5.58. The predicted molar refractivity (Wildman–Crippen MR) is 50.9 cm³/mol. The number of halogens is 1. The highest BCUT2D eigenvalue weighted by atomic mass is 35.5. The highest BCUT2D eigenvalue weighted by Gasteiger charge is 1.96. The second-order valence-corrected chi connectivity index (χ2v) is 2.75. The molecule has 0 aliphatic heterocycles. The van der Waals surface area contributed by atoms with Crippen molar-refractivity contribution in [3.63, 3.8) is 0 Å². The van der Waals surface area contributed by atoms with Crippen LogP contribution in [-0.2, 0) is 0 Å². The number of hydrogen-bond donors (Lipinski definition) is 0. The number of rotatable bonds is 1. The van der Waals surface area contributed by atoms with Crippen molar-refractivity contribution in [3.8, 4) is 0 Å². The van der Waals surface area contributed by atoms with Crippen LogP contribution in [0.4, 0.5) is 5.69 Å². The van der Waals surface area contributed by atoms with E-state index < -0.39 is 0 Å². The second-order valence-electron chi connectivity index (χ2n) is 2.16. The molecule has 56 valence electrons. The summed E-state index contributed by atoms with van der Waals surface area (Å²) in [6.07, 6.45) is 0. The van der Waals surface area contributed by atoms with E-state index in [1.807, 2.05) is 19.1 Å². The normalized spacial score (nSPS) is 8.91. The molecule has 1 aromatic carbocycles. The minimum Gasteiger partial charge on any atom is -0.193 e. The molecule has 0 saturated carbocycles. The highest BCUT2D eigenvalue weighted by Crippen LogP contribution is 2.24. The van der Waals surface area contributed by atoms with Gasteiger partial charge in [0.15, 0.2) is 0 Å². The van der Waals surface area contributed by atoms with Gasteiger partial charge in [0.25, 0.3) is 0 Å². The molecular weight excluding hydrogens is 178 g/mol. The van der Waals surface area contributed by atoms with Crippen LogP contribution in [0.3, 0.4) is 0 Å². The number of isothiocyanates is 1. The Hall–Kier alpha value is -0.690. The molecule has 3 heteroatoms. The van der Waals surface area contributed by atoms with Crippen LogP contribution < -0.4 is 0 Å². The molecule has 0 aliphatic rings. The van der Waals surface area contributed by atoms with Crippen molar-refractivity contribution in [2.45, 2.75) is 6.92 Å². The second kappa shape index (κ2) is 3.63. The van der Waals surface area contributed by atoms with Crippen LogP contribution in [0.1, 0.15) is 5.56 Å². The first-order chi connectivity index (χ1) is 5.24. The molecule has 0 heterocycles. The Morgan fingerprint density at radius 2 is 2.27 bits per heavy atom. The lowest BCUT2D eigenvalue weighted by Gasteiger charge is -1.96. The minimum absolute atomic E-state index is 0.605. The fourth-order valence-electron chi connectivity index (χ4n) is 0.758. The zero-order chi connectivity index (χ0) is 8.27. The van der Waals surface area contributed by atoms with Crippen molar-refractivity contribution >= 4 is 34.7 Å². The van der Waals surface area contributed by atoms with Crippen LogP contribution in [-0.4, -0.2) is 5.16 Å². The van der Waals surface area contributed by atoms with Crippen molar-refractivity contribution in [2.75, 3.05) is 0 Å². The monoisotopic (exact) mass is 183 g/mol. The van der Waals surface area contributed by atoms with Gasteiger partial charge in [-0.05, 0) is 36.8 Å². The first kappa shape index (κ1) is 8.41. The number of thiocarbonyl (C=S) groups is 1. The van der Waals surface area contributed by atoms with E-state index in [-0.39, 0.29) is 0 Å². The molecule has 0 spiro atoms. The number of benzene rings is 1. The van der Waals surface area contributed by atoms with Crippen molar-refractivity contribution < 1.29 is 0 Å². The Labute approximate surface area is 75.7 Å². The molecule has 0 saturated heterocycles. The van der Waals surface area contributed by atoms with Gasteiger partial charge in [-0.25, -0.2) is 0 Å². The van der Waals surface area contributed by atoms with Gasteiger partial charge in [-0.2, -0.15) is 4.99 Å². The third kappa shape index (κ3) is 2.12. The van der Waals surface area contributed by atoms with Crippen LogP contribution in [0, 0.1) is 6.92 Å². The molecule has 1 rings (SSSR count). The number of aliphatic imine (C=N–C) groups is 1. The summed E-state index contributed by atoms with van der Waals surface area (Å²) in [6.45, 7) is 1.97. The summed E-state index contributed by atoms with van der Waals surface area (Å²) >= 11 is 10.3. The smallest absolute Gasteiger partial charge is 0.0928 e. The summed E-state index contributed by atoms with van der Waals surface area (Å²) in [5, 5.41) is 2.88. The summed E-state index contributed by atoms with van der Waals surface area (Å²) in [5.41, 5.74) is 1.79. The van der Waals surface area contributed by atoms with Crippen LogP contribution in [0.25, 0.3) is 0 Å². The molecule has 0 atom stereocenters. The molecule has 0 unspecified atom stereocenters. The molecule has 0 bridgehead atoms. The third-order valence-electron chi connectivity index (χ3n) is 1.27. The Balaban J connectivity index is 3.22. The Morgan fingerprint density at radius 3 is 2.91 bits per heavy atom. The van der Waals surface area contributed by atoms with Gasteiger partial charge in [-0.1, -0.05) is 17.7 Å². The Morgan fingerprint density at radius 1 is 1.55 bits per heavy atom. The van der Waals surface area contributed by atoms with Crippen LogP contribution in [0.15, 0.2) is 23.2 Å². The summed E-state index contributed by atoms with van der Waals surface area (Å²) in [7, 11) is 0. The van der Waals surface area contributed by atoms with E-state index in [4.69, 9.17) is 11.6 Å². The maximum atomic E-state index is 5.79. The molecule has 0 radical (unpaired) electrons. The molecule has 0 aromatic heterocycles. The SMILES string of the molecule is Cc1ccc(Cl)c(N=C=S)c1. The first-order valence-corrected chi connectivity index (χ1v) is 3.86. The van der Waals surface area contributed by atoms with E-state index in [1.165, 1.54) is 0 Å². The first-order valence-electron chi connectivity index (χ1n) is 3.08. The highest BCUT2D eigenvalue weighted by molar-refractivity contribution is 7.78. The van der Waals surface area contributed by atoms with E-state index in [1.54, 1.807) is 6.07 Å². The van der Waals surface area contributed by atoms with Gasteiger partial charge in [0.2, 0.25) is 0 Å². The van der Waals surface area contributed by atoms with Gasteiger partial charge in [-0.15, -0.1) is 0 Å². The average Bonchev–Trinajstić information content (AvgIpc) is 1.98. The van der Waals surface area contributed by atoms with Crippen molar-refractivity contribution in [3.05, 3.63) is 28.8 Å². The molecule has 0 aliphatic carbocycles. The lowest BCUT2D eigenvalue weighted by atomic mass is 10.2. The number of hydrogen-bond acceptors (Lipinski definition) is 2. The van der Waals surface area contributed by atoms with Crippen LogP contribution in [0.2, 0.25) is 5.02 Å². The Bertz CT molecular complexity index is 316.